The summed E-state index contributed by atoms with van der Waals surface area (Å²) in [5.41, 5.74) is 4.98. The van der Waals surface area contributed by atoms with Crippen LogP contribution in [0.1, 0.15) is 30.4 Å². The van der Waals surface area contributed by atoms with Crippen molar-refractivity contribution >= 4 is 6.09 Å². The van der Waals surface area contributed by atoms with Crippen LogP contribution in [0.25, 0.3) is 11.1 Å². The average Bonchev–Trinajstić information content (AvgIpc) is 2.87. The number of ether oxygens (including phenoxy) is 1. The van der Waals surface area contributed by atoms with E-state index in [1.54, 1.807) is 7.05 Å². The van der Waals surface area contributed by atoms with E-state index in [9.17, 15) is 4.79 Å². The Morgan fingerprint density at radius 2 is 1.62 bits per heavy atom. The van der Waals surface area contributed by atoms with E-state index >= 15 is 0 Å². The summed E-state index contributed by atoms with van der Waals surface area (Å²) in [7, 11) is 1.59. The minimum atomic E-state index is -0.372. The zero-order valence-electron chi connectivity index (χ0n) is 12.3. The molecule has 0 aliphatic heterocycles. The highest BCUT2D eigenvalue weighted by molar-refractivity contribution is 5.79. The zero-order chi connectivity index (χ0) is 14.8. The van der Waals surface area contributed by atoms with Crippen LogP contribution < -0.4 is 5.32 Å². The van der Waals surface area contributed by atoms with Gasteiger partial charge in [0.1, 0.15) is 6.10 Å². The van der Waals surface area contributed by atoms with Crippen LogP contribution in [0.3, 0.4) is 0 Å². The fraction of sp³-hybridized carbons (Fsp3) is 0.278. The van der Waals surface area contributed by atoms with Gasteiger partial charge in [-0.3, -0.25) is 0 Å². The van der Waals surface area contributed by atoms with Crippen LogP contribution in [0.4, 0.5) is 4.79 Å². The molecule has 3 nitrogen and oxygen atoms in total. The van der Waals surface area contributed by atoms with Crippen molar-refractivity contribution in [2.24, 2.45) is 0 Å². The molecule has 1 aliphatic carbocycles. The second-order valence-electron chi connectivity index (χ2n) is 5.25. The van der Waals surface area contributed by atoms with Gasteiger partial charge < -0.3 is 10.1 Å². The van der Waals surface area contributed by atoms with Crippen molar-refractivity contribution in [2.75, 3.05) is 7.05 Å². The molecule has 1 aliphatic rings. The molecule has 2 aromatic carbocycles. The van der Waals surface area contributed by atoms with Gasteiger partial charge >= 0.3 is 6.09 Å². The van der Waals surface area contributed by atoms with E-state index in [0.717, 1.165) is 6.42 Å². The summed E-state index contributed by atoms with van der Waals surface area (Å²) < 4.78 is 5.60. The Labute approximate surface area is 124 Å². The van der Waals surface area contributed by atoms with Crippen molar-refractivity contribution < 1.29 is 9.53 Å². The van der Waals surface area contributed by atoms with Crippen molar-refractivity contribution in [2.45, 2.75) is 25.4 Å². The van der Waals surface area contributed by atoms with Gasteiger partial charge in [0.05, 0.1) is 0 Å². The van der Waals surface area contributed by atoms with Gasteiger partial charge in [0.15, 0.2) is 0 Å². The van der Waals surface area contributed by atoms with Crippen LogP contribution in [-0.2, 0) is 4.74 Å². The summed E-state index contributed by atoms with van der Waals surface area (Å²) in [5.74, 6) is 0.111. The van der Waals surface area contributed by atoms with Crippen LogP contribution in [0.2, 0.25) is 0 Å². The lowest BCUT2D eigenvalue weighted by molar-refractivity contribution is 0.0884. The summed E-state index contributed by atoms with van der Waals surface area (Å²) in [6, 6.07) is 16.7. The zero-order valence-corrected chi connectivity index (χ0v) is 12.3. The van der Waals surface area contributed by atoms with Crippen LogP contribution in [0, 0.1) is 0 Å². The van der Waals surface area contributed by atoms with Gasteiger partial charge in [-0.25, -0.2) is 4.79 Å². The first-order chi connectivity index (χ1) is 10.3. The summed E-state index contributed by atoms with van der Waals surface area (Å²) in [5, 5.41) is 2.54. The molecule has 0 spiro atoms. The molecule has 1 atom stereocenters. The van der Waals surface area contributed by atoms with Crippen molar-refractivity contribution in [3.63, 3.8) is 0 Å². The Kier molecular flexibility index (Phi) is 3.65. The van der Waals surface area contributed by atoms with E-state index in [1.807, 2.05) is 12.1 Å². The van der Waals surface area contributed by atoms with Crippen molar-refractivity contribution in [3.8, 4) is 11.1 Å². The number of hydrogen-bond donors (Lipinski definition) is 1. The van der Waals surface area contributed by atoms with Gasteiger partial charge in [0.25, 0.3) is 0 Å². The maximum Gasteiger partial charge on any atom is 0.407 e. The largest absolute Gasteiger partial charge is 0.445 e. The lowest BCUT2D eigenvalue weighted by Gasteiger charge is -2.24. The molecule has 21 heavy (non-hydrogen) atoms. The number of nitrogens with one attached hydrogen (secondary N) is 1. The molecular formula is C18H19NO2. The smallest absolute Gasteiger partial charge is 0.407 e. The highest BCUT2D eigenvalue weighted by Gasteiger charge is 2.35. The number of benzene rings is 2. The number of carbonyl (C=O) groups is 1. The van der Waals surface area contributed by atoms with E-state index in [0.29, 0.717) is 0 Å². The number of fused-ring (bicyclic) bond motifs is 3. The topological polar surface area (TPSA) is 38.3 Å². The first kappa shape index (κ1) is 13.7. The molecule has 0 heterocycles. The van der Waals surface area contributed by atoms with E-state index < -0.39 is 0 Å². The van der Waals surface area contributed by atoms with Gasteiger partial charge in [-0.2, -0.15) is 0 Å². The molecule has 0 saturated heterocycles. The first-order valence-electron chi connectivity index (χ1n) is 7.32. The molecule has 0 radical (unpaired) electrons. The quantitative estimate of drug-likeness (QED) is 0.925. The fourth-order valence-corrected chi connectivity index (χ4v) is 3.18. The maximum atomic E-state index is 11.6. The Morgan fingerprint density at radius 1 is 1.10 bits per heavy atom. The highest BCUT2D eigenvalue weighted by Crippen LogP contribution is 2.47. The van der Waals surface area contributed by atoms with E-state index in [1.165, 1.54) is 22.3 Å². The predicted molar refractivity (Wildman–Crippen MR) is 83.3 cm³/mol. The predicted octanol–water partition coefficient (Wildman–Crippen LogP) is 3.93. The SMILES string of the molecule is CCC(OC(=O)NC)C1c2ccccc2-c2ccccc21. The summed E-state index contributed by atoms with van der Waals surface area (Å²) in [6.07, 6.45) is 0.249. The lowest BCUT2D eigenvalue weighted by Crippen LogP contribution is -2.29. The Hall–Kier alpha value is -2.29. The standard InChI is InChI=1S/C18H19NO2/c1-3-16(21-18(20)19-2)17-14-10-6-4-8-12(14)13-9-5-7-11-15(13)17/h4-11,16-17H,3H2,1-2H3,(H,19,20). The average molecular weight is 281 g/mol. The molecule has 0 saturated carbocycles. The molecule has 1 unspecified atom stereocenters. The number of hydrogen-bond acceptors (Lipinski definition) is 2. The normalized spacial score (nSPS) is 14.2. The van der Waals surface area contributed by atoms with Gasteiger partial charge in [0, 0.05) is 13.0 Å². The molecule has 1 amide bonds. The Bertz CT molecular complexity index is 620. The maximum absolute atomic E-state index is 11.6. The molecule has 0 bridgehead atoms. The summed E-state index contributed by atoms with van der Waals surface area (Å²) in [4.78, 5) is 11.6. The molecule has 1 N–H and O–H groups in total. The third-order valence-corrected chi connectivity index (χ3v) is 4.12. The van der Waals surface area contributed by atoms with Crippen LogP contribution >= 0.6 is 0 Å². The van der Waals surface area contributed by atoms with Crippen molar-refractivity contribution in [3.05, 3.63) is 59.7 Å². The molecular weight excluding hydrogens is 262 g/mol. The Morgan fingerprint density at radius 3 is 2.10 bits per heavy atom. The van der Waals surface area contributed by atoms with Crippen LogP contribution in [-0.4, -0.2) is 19.2 Å². The minimum absolute atomic E-state index is 0.111. The number of amides is 1. The van der Waals surface area contributed by atoms with Gasteiger partial charge in [0.2, 0.25) is 0 Å². The van der Waals surface area contributed by atoms with Gasteiger partial charge in [-0.1, -0.05) is 55.5 Å². The number of rotatable bonds is 3. The van der Waals surface area contributed by atoms with Crippen LogP contribution in [0.5, 0.6) is 0 Å². The summed E-state index contributed by atoms with van der Waals surface area (Å²) >= 11 is 0. The van der Waals surface area contributed by atoms with E-state index in [4.69, 9.17) is 4.74 Å². The third-order valence-electron chi connectivity index (χ3n) is 4.12. The monoisotopic (exact) mass is 281 g/mol. The number of alkyl carbamates (subject to hydrolysis) is 1. The molecule has 3 rings (SSSR count). The minimum Gasteiger partial charge on any atom is -0.445 e. The van der Waals surface area contributed by atoms with Crippen molar-refractivity contribution in [1.29, 1.82) is 0 Å². The molecule has 2 aromatic rings. The fourth-order valence-electron chi connectivity index (χ4n) is 3.18. The molecule has 0 aromatic heterocycles. The van der Waals surface area contributed by atoms with Crippen molar-refractivity contribution in [1.82, 2.24) is 5.32 Å². The van der Waals surface area contributed by atoms with Crippen LogP contribution in [0.15, 0.2) is 48.5 Å². The molecule has 108 valence electrons. The molecule has 3 heteroatoms. The summed E-state index contributed by atoms with van der Waals surface area (Å²) in [6.45, 7) is 2.05. The van der Waals surface area contributed by atoms with E-state index in [-0.39, 0.29) is 18.1 Å². The molecule has 0 fully saturated rings. The first-order valence-corrected chi connectivity index (χ1v) is 7.32. The van der Waals surface area contributed by atoms with E-state index in [2.05, 4.69) is 48.6 Å². The second-order valence-corrected chi connectivity index (χ2v) is 5.25. The highest BCUT2D eigenvalue weighted by atomic mass is 16.6. The second kappa shape index (κ2) is 5.60. The Balaban J connectivity index is 2.07. The van der Waals surface area contributed by atoms with Gasteiger partial charge in [-0.15, -0.1) is 0 Å². The lowest BCUT2D eigenvalue weighted by atomic mass is 9.90. The van der Waals surface area contributed by atoms with Gasteiger partial charge in [-0.05, 0) is 28.7 Å². The third kappa shape index (κ3) is 2.29. The number of carbonyl (C=O) groups excluding carboxylic acids is 1.